The number of benzene rings is 1. The molecule has 0 bridgehead atoms. The molecule has 0 aromatic heterocycles. The van der Waals surface area contributed by atoms with Gasteiger partial charge in [-0.05, 0) is 61.0 Å². The van der Waals surface area contributed by atoms with Crippen molar-refractivity contribution in [1.82, 2.24) is 0 Å². The summed E-state index contributed by atoms with van der Waals surface area (Å²) in [6.07, 6.45) is 10.1. The summed E-state index contributed by atoms with van der Waals surface area (Å²) >= 11 is 0. The molecule has 1 atom stereocenters. The lowest BCUT2D eigenvalue weighted by Gasteiger charge is -2.10. The van der Waals surface area contributed by atoms with Crippen molar-refractivity contribution in [3.63, 3.8) is 0 Å². The van der Waals surface area contributed by atoms with Crippen LogP contribution in [-0.2, 0) is 0 Å². The van der Waals surface area contributed by atoms with Crippen molar-refractivity contribution in [3.05, 3.63) is 41.3 Å². The van der Waals surface area contributed by atoms with Crippen LogP contribution in [0.1, 0.15) is 39.0 Å². The van der Waals surface area contributed by atoms with Crippen LogP contribution in [0.2, 0.25) is 0 Å². The van der Waals surface area contributed by atoms with Gasteiger partial charge in [0.25, 0.3) is 0 Å². The van der Waals surface area contributed by atoms with E-state index in [1.54, 1.807) is 0 Å². The van der Waals surface area contributed by atoms with E-state index in [9.17, 15) is 9.70 Å². The fourth-order valence-corrected chi connectivity index (χ4v) is 2.02. The van der Waals surface area contributed by atoms with Crippen molar-refractivity contribution in [2.24, 2.45) is 11.1 Å². The van der Waals surface area contributed by atoms with Crippen molar-refractivity contribution >= 4 is 11.8 Å². The molecule has 0 fully saturated rings. The number of allylic oxidation sites excluding steroid dienone is 2. The van der Waals surface area contributed by atoms with Crippen LogP contribution in [0.25, 0.3) is 0 Å². The fourth-order valence-electron chi connectivity index (χ4n) is 2.02. The molecular formula is C16H21NO4. The van der Waals surface area contributed by atoms with Crippen LogP contribution in [0.3, 0.4) is 0 Å². The number of hydrogen-bond donors (Lipinski definition) is 1. The Bertz CT molecular complexity index is 468. The Labute approximate surface area is 124 Å². The highest BCUT2D eigenvalue weighted by molar-refractivity contribution is 5.61. The quantitative estimate of drug-likeness (QED) is 0.348. The normalized spacial score (nSPS) is 19.2. The number of carboxylic acid groups (broad SMARTS) is 1. The Morgan fingerprint density at radius 1 is 1.19 bits per heavy atom. The second kappa shape index (κ2) is 9.69. The Morgan fingerprint density at radius 2 is 1.86 bits per heavy atom. The molecule has 114 valence electrons. The summed E-state index contributed by atoms with van der Waals surface area (Å²) in [5, 5.41) is 10.8. The first-order chi connectivity index (χ1) is 10.1. The molecule has 1 aromatic carbocycles. The van der Waals surface area contributed by atoms with Crippen molar-refractivity contribution in [1.29, 1.82) is 0 Å². The van der Waals surface area contributed by atoms with Gasteiger partial charge in [-0.15, -0.1) is 4.91 Å². The molecule has 5 heteroatoms. The lowest BCUT2D eigenvalue weighted by atomic mass is 9.96. The summed E-state index contributed by atoms with van der Waals surface area (Å²) in [4.78, 5) is 19.9. The number of nitrogens with zero attached hydrogens (tertiary/aromatic N) is 1. The summed E-state index contributed by atoms with van der Waals surface area (Å²) in [6, 6.07) is 5.44. The molecule has 1 unspecified atom stereocenters. The van der Waals surface area contributed by atoms with Gasteiger partial charge in [-0.1, -0.05) is 25.5 Å². The van der Waals surface area contributed by atoms with Gasteiger partial charge in [0.1, 0.15) is 11.4 Å². The second-order valence-corrected chi connectivity index (χ2v) is 5.04. The topological polar surface area (TPSA) is 76.0 Å². The minimum atomic E-state index is -1.39. The zero-order chi connectivity index (χ0) is 15.5. The first kappa shape index (κ1) is 16.9. The molecule has 0 aliphatic heterocycles. The maximum absolute atomic E-state index is 10.0. The van der Waals surface area contributed by atoms with Crippen LogP contribution in [0.4, 0.5) is 10.5 Å². The summed E-state index contributed by atoms with van der Waals surface area (Å²) in [5.74, 6) is 1.13. The third kappa shape index (κ3) is 7.87. The van der Waals surface area contributed by atoms with E-state index in [-0.39, 0.29) is 11.4 Å². The van der Waals surface area contributed by atoms with Crippen LogP contribution < -0.4 is 4.74 Å². The molecule has 1 aliphatic rings. The average Bonchev–Trinajstić information content (AvgIpc) is 2.44. The maximum atomic E-state index is 10.0. The van der Waals surface area contributed by atoms with Crippen LogP contribution in [0.15, 0.2) is 41.6 Å². The highest BCUT2D eigenvalue weighted by Crippen LogP contribution is 2.18. The fraction of sp³-hybridized carbons (Fsp3) is 0.438. The molecule has 1 aliphatic carbocycles. The second-order valence-electron chi connectivity index (χ2n) is 5.04. The molecule has 0 saturated carbocycles. The van der Waals surface area contributed by atoms with Crippen molar-refractivity contribution in [2.45, 2.75) is 39.0 Å². The predicted molar refractivity (Wildman–Crippen MR) is 81.9 cm³/mol. The van der Waals surface area contributed by atoms with Gasteiger partial charge in [-0.25, -0.2) is 4.79 Å². The average molecular weight is 291 g/mol. The lowest BCUT2D eigenvalue weighted by molar-refractivity contribution is 0.144. The van der Waals surface area contributed by atoms with E-state index in [1.165, 1.54) is 56.4 Å². The first-order valence-electron chi connectivity index (χ1n) is 7.11. The van der Waals surface area contributed by atoms with E-state index >= 15 is 0 Å². The van der Waals surface area contributed by atoms with Crippen LogP contribution in [0, 0.1) is 10.8 Å². The molecule has 2 rings (SSSR count). The summed E-state index contributed by atoms with van der Waals surface area (Å²) in [5.41, 5.74) is 0.229. The van der Waals surface area contributed by atoms with Gasteiger partial charge >= 0.3 is 6.16 Å². The molecule has 1 N–H and O–H groups in total. The van der Waals surface area contributed by atoms with Crippen LogP contribution >= 0.6 is 0 Å². The monoisotopic (exact) mass is 291 g/mol. The molecule has 0 amide bonds. The van der Waals surface area contributed by atoms with E-state index in [2.05, 4.69) is 29.0 Å². The standard InChI is InChI=1S/C9H16.C7H5NO4/c1-9-7-5-3-2-4-6-8-9;9-7(10)12-6-3-1-5(8-11)2-4-6/h2-3,9H,4-8H2,1H3;1-4H,(H,9,10)/b3-2+;. The summed E-state index contributed by atoms with van der Waals surface area (Å²) < 4.78 is 4.29. The van der Waals surface area contributed by atoms with Gasteiger partial charge in [0.05, 0.1) is 0 Å². The SMILES string of the molecule is CC1CC/C=C/CCC1.O=Nc1ccc(OC(=O)O)cc1. The molecule has 1 aromatic rings. The number of ether oxygens (including phenoxy) is 1. The largest absolute Gasteiger partial charge is 0.511 e. The van der Waals surface area contributed by atoms with E-state index < -0.39 is 6.16 Å². The molecule has 21 heavy (non-hydrogen) atoms. The highest BCUT2D eigenvalue weighted by Gasteiger charge is 2.01. The zero-order valence-corrected chi connectivity index (χ0v) is 12.2. The van der Waals surface area contributed by atoms with E-state index in [0.717, 1.165) is 5.92 Å². The molecule has 0 heterocycles. The number of hydrogen-bond acceptors (Lipinski definition) is 4. The van der Waals surface area contributed by atoms with Gasteiger partial charge in [0, 0.05) is 0 Å². The molecular weight excluding hydrogens is 270 g/mol. The maximum Gasteiger partial charge on any atom is 0.511 e. The Balaban J connectivity index is 0.000000219. The minimum Gasteiger partial charge on any atom is -0.449 e. The van der Waals surface area contributed by atoms with Gasteiger partial charge in [-0.2, -0.15) is 0 Å². The molecule has 0 spiro atoms. The van der Waals surface area contributed by atoms with Gasteiger partial charge < -0.3 is 9.84 Å². The van der Waals surface area contributed by atoms with Gasteiger partial charge in [0.2, 0.25) is 0 Å². The van der Waals surface area contributed by atoms with Crippen LogP contribution in [0.5, 0.6) is 5.75 Å². The number of carbonyl (C=O) groups is 1. The van der Waals surface area contributed by atoms with Crippen molar-refractivity contribution in [2.75, 3.05) is 0 Å². The Hall–Kier alpha value is -2.17. The Kier molecular flexibility index (Phi) is 7.79. The van der Waals surface area contributed by atoms with Gasteiger partial charge in [0.15, 0.2) is 0 Å². The molecule has 0 saturated heterocycles. The highest BCUT2D eigenvalue weighted by atomic mass is 16.7. The molecule has 0 radical (unpaired) electrons. The molecule has 5 nitrogen and oxygen atoms in total. The third-order valence-electron chi connectivity index (χ3n) is 3.21. The minimum absolute atomic E-state index is 0.162. The lowest BCUT2D eigenvalue weighted by Crippen LogP contribution is -2.02. The van der Waals surface area contributed by atoms with E-state index in [4.69, 9.17) is 5.11 Å². The number of rotatable bonds is 2. The summed E-state index contributed by atoms with van der Waals surface area (Å²) in [7, 11) is 0. The van der Waals surface area contributed by atoms with Crippen LogP contribution in [-0.4, -0.2) is 11.3 Å². The summed E-state index contributed by atoms with van der Waals surface area (Å²) in [6.45, 7) is 2.36. The zero-order valence-electron chi connectivity index (χ0n) is 12.2. The van der Waals surface area contributed by atoms with Gasteiger partial charge in [-0.3, -0.25) is 0 Å². The van der Waals surface area contributed by atoms with E-state index in [0.29, 0.717) is 0 Å². The smallest absolute Gasteiger partial charge is 0.449 e. The van der Waals surface area contributed by atoms with Crippen molar-refractivity contribution < 1.29 is 14.6 Å². The Morgan fingerprint density at radius 3 is 2.48 bits per heavy atom. The first-order valence-corrected chi connectivity index (χ1v) is 7.11. The van der Waals surface area contributed by atoms with Crippen molar-refractivity contribution in [3.8, 4) is 5.75 Å². The van der Waals surface area contributed by atoms with E-state index in [1.807, 2.05) is 0 Å². The predicted octanol–water partition coefficient (Wildman–Crippen LogP) is 5.28. The number of nitroso groups, excluding NO2 is 1. The third-order valence-corrected chi connectivity index (χ3v) is 3.21.